The molecule has 2 heterocycles. The standard InChI is InChI=1S/C17H25N3O3/c1-2-23-12-4-6-16(21)20-10-7-15(8-11-20)19-17(22)14-5-3-9-18-13-14/h3,5,9,13,15H,2,4,6-8,10-12H2,1H3,(H,19,22). The second-order valence-corrected chi connectivity index (χ2v) is 5.67. The summed E-state index contributed by atoms with van der Waals surface area (Å²) in [4.78, 5) is 30.0. The summed E-state index contributed by atoms with van der Waals surface area (Å²) in [6.07, 6.45) is 6.10. The molecule has 2 rings (SSSR count). The van der Waals surface area contributed by atoms with Crippen molar-refractivity contribution < 1.29 is 14.3 Å². The molecule has 0 radical (unpaired) electrons. The third-order valence-corrected chi connectivity index (χ3v) is 3.99. The van der Waals surface area contributed by atoms with Gasteiger partial charge in [0.25, 0.3) is 5.91 Å². The van der Waals surface area contributed by atoms with Crippen molar-refractivity contribution >= 4 is 11.8 Å². The lowest BCUT2D eigenvalue weighted by molar-refractivity contribution is -0.132. The normalized spacial score (nSPS) is 15.4. The van der Waals surface area contributed by atoms with Crippen LogP contribution in [0.5, 0.6) is 0 Å². The molecule has 6 heteroatoms. The highest BCUT2D eigenvalue weighted by molar-refractivity contribution is 5.94. The molecule has 1 aromatic rings. The molecular weight excluding hydrogens is 294 g/mol. The zero-order chi connectivity index (χ0) is 16.5. The lowest BCUT2D eigenvalue weighted by Crippen LogP contribution is -2.46. The lowest BCUT2D eigenvalue weighted by Gasteiger charge is -2.32. The van der Waals surface area contributed by atoms with Gasteiger partial charge in [-0.1, -0.05) is 0 Å². The van der Waals surface area contributed by atoms with Crippen LogP contribution in [0.4, 0.5) is 0 Å². The average molecular weight is 319 g/mol. The van der Waals surface area contributed by atoms with E-state index in [1.54, 1.807) is 24.5 Å². The fourth-order valence-corrected chi connectivity index (χ4v) is 2.67. The fourth-order valence-electron chi connectivity index (χ4n) is 2.67. The van der Waals surface area contributed by atoms with Crippen molar-refractivity contribution in [1.82, 2.24) is 15.2 Å². The summed E-state index contributed by atoms with van der Waals surface area (Å²) >= 11 is 0. The number of hydrogen-bond acceptors (Lipinski definition) is 4. The summed E-state index contributed by atoms with van der Waals surface area (Å²) in [6, 6.07) is 3.62. The smallest absolute Gasteiger partial charge is 0.253 e. The first kappa shape index (κ1) is 17.4. The van der Waals surface area contributed by atoms with Crippen molar-refractivity contribution in [2.75, 3.05) is 26.3 Å². The maximum absolute atomic E-state index is 12.1. The van der Waals surface area contributed by atoms with Gasteiger partial charge < -0.3 is 15.0 Å². The topological polar surface area (TPSA) is 71.5 Å². The molecule has 1 aliphatic heterocycles. The largest absolute Gasteiger partial charge is 0.382 e. The van der Waals surface area contributed by atoms with Gasteiger partial charge in [-0.05, 0) is 38.3 Å². The number of nitrogens with zero attached hydrogens (tertiary/aromatic N) is 2. The molecule has 0 saturated carbocycles. The molecule has 1 aliphatic rings. The van der Waals surface area contributed by atoms with Crippen LogP contribution in [-0.4, -0.2) is 54.0 Å². The average Bonchev–Trinajstić information content (AvgIpc) is 2.60. The van der Waals surface area contributed by atoms with Gasteiger partial charge in [0, 0.05) is 51.2 Å². The molecule has 1 aromatic heterocycles. The number of hydrogen-bond donors (Lipinski definition) is 1. The Kier molecular flexibility index (Phi) is 7.00. The number of pyridine rings is 1. The van der Waals surface area contributed by atoms with Crippen LogP contribution in [0.3, 0.4) is 0 Å². The number of nitrogens with one attached hydrogen (secondary N) is 1. The molecule has 1 fully saturated rings. The Hall–Kier alpha value is -1.95. The van der Waals surface area contributed by atoms with Gasteiger partial charge >= 0.3 is 0 Å². The van der Waals surface area contributed by atoms with E-state index in [-0.39, 0.29) is 17.9 Å². The van der Waals surface area contributed by atoms with Crippen molar-refractivity contribution in [3.05, 3.63) is 30.1 Å². The summed E-state index contributed by atoms with van der Waals surface area (Å²) in [5.41, 5.74) is 0.571. The van der Waals surface area contributed by atoms with Crippen molar-refractivity contribution in [1.29, 1.82) is 0 Å². The van der Waals surface area contributed by atoms with Gasteiger partial charge in [-0.25, -0.2) is 0 Å². The van der Waals surface area contributed by atoms with E-state index in [0.29, 0.717) is 38.3 Å². The first-order valence-corrected chi connectivity index (χ1v) is 8.27. The van der Waals surface area contributed by atoms with Crippen LogP contribution in [-0.2, 0) is 9.53 Å². The number of piperidine rings is 1. The van der Waals surface area contributed by atoms with Gasteiger partial charge in [0.15, 0.2) is 0 Å². The number of carbonyl (C=O) groups is 2. The van der Waals surface area contributed by atoms with Gasteiger partial charge in [0.05, 0.1) is 5.56 Å². The van der Waals surface area contributed by atoms with Gasteiger partial charge in [-0.3, -0.25) is 14.6 Å². The molecule has 0 unspecified atom stereocenters. The van der Waals surface area contributed by atoms with E-state index in [1.165, 1.54) is 0 Å². The molecule has 0 spiro atoms. The highest BCUT2D eigenvalue weighted by atomic mass is 16.5. The molecule has 0 aromatic carbocycles. The number of rotatable bonds is 7. The van der Waals surface area contributed by atoms with E-state index in [1.807, 2.05) is 11.8 Å². The van der Waals surface area contributed by atoms with Crippen molar-refractivity contribution in [2.24, 2.45) is 0 Å². The van der Waals surface area contributed by atoms with Gasteiger partial charge in [0.1, 0.15) is 0 Å². The number of carbonyl (C=O) groups excluding carboxylic acids is 2. The molecule has 0 atom stereocenters. The molecule has 0 bridgehead atoms. The number of aromatic nitrogens is 1. The Morgan fingerprint density at radius 3 is 2.83 bits per heavy atom. The molecular formula is C17H25N3O3. The maximum Gasteiger partial charge on any atom is 0.253 e. The summed E-state index contributed by atoms with van der Waals surface area (Å²) in [6.45, 7) is 4.68. The van der Waals surface area contributed by atoms with Gasteiger partial charge in [-0.2, -0.15) is 0 Å². The Balaban J connectivity index is 1.69. The van der Waals surface area contributed by atoms with E-state index in [4.69, 9.17) is 4.74 Å². The first-order valence-electron chi connectivity index (χ1n) is 8.27. The lowest BCUT2D eigenvalue weighted by atomic mass is 10.0. The molecule has 2 amide bonds. The number of ether oxygens (including phenoxy) is 1. The van der Waals surface area contributed by atoms with Crippen LogP contribution in [0.1, 0.15) is 43.0 Å². The van der Waals surface area contributed by atoms with Crippen LogP contribution in [0.25, 0.3) is 0 Å². The molecule has 0 aliphatic carbocycles. The zero-order valence-corrected chi connectivity index (χ0v) is 13.7. The molecule has 126 valence electrons. The predicted molar refractivity (Wildman–Crippen MR) is 87.0 cm³/mol. The van der Waals surface area contributed by atoms with Crippen LogP contribution in [0.2, 0.25) is 0 Å². The zero-order valence-electron chi connectivity index (χ0n) is 13.7. The van der Waals surface area contributed by atoms with E-state index in [9.17, 15) is 9.59 Å². The highest BCUT2D eigenvalue weighted by Gasteiger charge is 2.23. The Bertz CT molecular complexity index is 499. The Morgan fingerprint density at radius 2 is 2.17 bits per heavy atom. The molecule has 23 heavy (non-hydrogen) atoms. The summed E-state index contributed by atoms with van der Waals surface area (Å²) in [5, 5.41) is 3.02. The summed E-state index contributed by atoms with van der Waals surface area (Å²) in [5.74, 6) is 0.0846. The van der Waals surface area contributed by atoms with Crippen molar-refractivity contribution in [3.63, 3.8) is 0 Å². The van der Waals surface area contributed by atoms with Gasteiger partial charge in [-0.15, -0.1) is 0 Å². The maximum atomic E-state index is 12.1. The summed E-state index contributed by atoms with van der Waals surface area (Å²) in [7, 11) is 0. The fraction of sp³-hybridized carbons (Fsp3) is 0.588. The van der Waals surface area contributed by atoms with Crippen LogP contribution < -0.4 is 5.32 Å². The number of amides is 2. The summed E-state index contributed by atoms with van der Waals surface area (Å²) < 4.78 is 5.25. The van der Waals surface area contributed by atoms with Crippen molar-refractivity contribution in [2.45, 2.75) is 38.6 Å². The first-order chi connectivity index (χ1) is 11.2. The Morgan fingerprint density at radius 1 is 1.39 bits per heavy atom. The van der Waals surface area contributed by atoms with Gasteiger partial charge in [0.2, 0.25) is 5.91 Å². The van der Waals surface area contributed by atoms with Crippen molar-refractivity contribution in [3.8, 4) is 0 Å². The SMILES string of the molecule is CCOCCCC(=O)N1CCC(NC(=O)c2cccnc2)CC1. The Labute approximate surface area is 137 Å². The molecule has 1 N–H and O–H groups in total. The minimum absolute atomic E-state index is 0.0976. The van der Waals surface area contributed by atoms with E-state index in [2.05, 4.69) is 10.3 Å². The third kappa shape index (κ3) is 5.63. The minimum Gasteiger partial charge on any atom is -0.382 e. The quantitative estimate of drug-likeness (QED) is 0.775. The van der Waals surface area contributed by atoms with Crippen LogP contribution in [0, 0.1) is 0 Å². The van der Waals surface area contributed by atoms with E-state index < -0.39 is 0 Å². The van der Waals surface area contributed by atoms with E-state index in [0.717, 1.165) is 19.3 Å². The van der Waals surface area contributed by atoms with E-state index >= 15 is 0 Å². The monoisotopic (exact) mass is 319 g/mol. The third-order valence-electron chi connectivity index (χ3n) is 3.99. The second kappa shape index (κ2) is 9.25. The molecule has 6 nitrogen and oxygen atoms in total. The predicted octanol–water partition coefficient (Wildman–Crippen LogP) is 1.62. The number of likely N-dealkylation sites (tertiary alicyclic amines) is 1. The second-order valence-electron chi connectivity index (χ2n) is 5.67. The highest BCUT2D eigenvalue weighted by Crippen LogP contribution is 2.13. The molecule has 1 saturated heterocycles. The van der Waals surface area contributed by atoms with Crippen LogP contribution in [0.15, 0.2) is 24.5 Å². The van der Waals surface area contributed by atoms with Crippen LogP contribution >= 0.6 is 0 Å². The minimum atomic E-state index is -0.0976.